The molecule has 1 aliphatic carbocycles. The second-order valence-electron chi connectivity index (χ2n) is 4.09. The maximum absolute atomic E-state index is 4.44. The second kappa shape index (κ2) is 3.02. The molecule has 0 N–H and O–H groups in total. The van der Waals surface area contributed by atoms with Crippen molar-refractivity contribution < 1.29 is 0 Å². The average Bonchev–Trinajstić information content (AvgIpc) is 2.47. The van der Waals surface area contributed by atoms with E-state index in [0.29, 0.717) is 18.0 Å². The van der Waals surface area contributed by atoms with Crippen LogP contribution in [0.25, 0.3) is 0 Å². The molecule has 2 unspecified atom stereocenters. The molecular weight excluding hydrogens is 160 g/mol. The Morgan fingerprint density at radius 1 is 1.46 bits per heavy atom. The van der Waals surface area contributed by atoms with Gasteiger partial charge >= 0.3 is 0 Å². The van der Waals surface area contributed by atoms with Crippen LogP contribution < -0.4 is 0 Å². The van der Waals surface area contributed by atoms with E-state index < -0.39 is 0 Å². The number of hydrogen-bond acceptors (Lipinski definition) is 2. The van der Waals surface area contributed by atoms with E-state index in [1.54, 1.807) is 0 Å². The molecule has 0 saturated heterocycles. The van der Waals surface area contributed by atoms with Crippen LogP contribution in [0.4, 0.5) is 0 Å². The van der Waals surface area contributed by atoms with E-state index in [9.17, 15) is 0 Å². The topological polar surface area (TPSA) is 15.6 Å². The molecule has 1 aliphatic heterocycles. The van der Waals surface area contributed by atoms with Crippen molar-refractivity contribution in [3.8, 4) is 0 Å². The van der Waals surface area contributed by atoms with Gasteiger partial charge in [0.1, 0.15) is 0 Å². The quantitative estimate of drug-likeness (QED) is 0.595. The van der Waals surface area contributed by atoms with Gasteiger partial charge in [0.25, 0.3) is 0 Å². The largest absolute Gasteiger partial charge is 0.357 e. The number of rotatable bonds is 1. The molecule has 2 atom stereocenters. The van der Waals surface area contributed by atoms with Crippen molar-refractivity contribution in [3.63, 3.8) is 0 Å². The zero-order valence-electron chi connectivity index (χ0n) is 8.44. The van der Waals surface area contributed by atoms with Gasteiger partial charge < -0.3 is 4.90 Å². The first-order chi connectivity index (χ1) is 6.18. The molecule has 0 amide bonds. The Labute approximate surface area is 79.7 Å². The first-order valence-electron chi connectivity index (χ1n) is 4.83. The fourth-order valence-electron chi connectivity index (χ4n) is 1.83. The third-order valence-corrected chi connectivity index (χ3v) is 2.76. The van der Waals surface area contributed by atoms with Crippen LogP contribution in [0, 0.1) is 5.92 Å². The van der Waals surface area contributed by atoms with Crippen molar-refractivity contribution in [2.75, 3.05) is 7.05 Å². The molecule has 0 aromatic carbocycles. The number of hydrogen-bond donors (Lipinski definition) is 0. The van der Waals surface area contributed by atoms with Crippen molar-refractivity contribution >= 4 is 6.34 Å². The summed E-state index contributed by atoms with van der Waals surface area (Å²) in [6, 6.07) is 0.815. The van der Waals surface area contributed by atoms with Gasteiger partial charge in [-0.05, 0) is 11.5 Å². The van der Waals surface area contributed by atoms with Gasteiger partial charge in [-0.3, -0.25) is 4.99 Å². The summed E-state index contributed by atoms with van der Waals surface area (Å²) in [5, 5.41) is 0. The molecule has 0 spiro atoms. The Hall–Kier alpha value is -1.05. The fourth-order valence-corrected chi connectivity index (χ4v) is 1.83. The van der Waals surface area contributed by atoms with E-state index in [2.05, 4.69) is 49.0 Å². The van der Waals surface area contributed by atoms with Crippen LogP contribution in [-0.4, -0.2) is 30.4 Å². The highest BCUT2D eigenvalue weighted by molar-refractivity contribution is 5.61. The van der Waals surface area contributed by atoms with Crippen molar-refractivity contribution in [1.82, 2.24) is 4.90 Å². The van der Waals surface area contributed by atoms with Gasteiger partial charge in [-0.1, -0.05) is 32.1 Å². The molecule has 2 rings (SSSR count). The molecule has 0 radical (unpaired) electrons. The van der Waals surface area contributed by atoms with Crippen LogP contribution in [-0.2, 0) is 0 Å². The molecule has 0 saturated carbocycles. The zero-order valence-corrected chi connectivity index (χ0v) is 8.44. The lowest BCUT2D eigenvalue weighted by Crippen LogP contribution is -2.32. The van der Waals surface area contributed by atoms with E-state index in [1.807, 2.05) is 6.34 Å². The predicted octanol–water partition coefficient (Wildman–Crippen LogP) is 1.85. The zero-order chi connectivity index (χ0) is 9.42. The van der Waals surface area contributed by atoms with Gasteiger partial charge in [0.05, 0.1) is 18.4 Å². The Morgan fingerprint density at radius 2 is 2.23 bits per heavy atom. The van der Waals surface area contributed by atoms with E-state index in [1.165, 1.54) is 5.57 Å². The van der Waals surface area contributed by atoms with Crippen LogP contribution in [0.15, 0.2) is 28.8 Å². The highest BCUT2D eigenvalue weighted by atomic mass is 15.2. The predicted molar refractivity (Wildman–Crippen MR) is 55.9 cm³/mol. The number of nitrogens with zero attached hydrogens (tertiary/aromatic N) is 2. The second-order valence-corrected chi connectivity index (χ2v) is 4.09. The maximum atomic E-state index is 4.44. The molecule has 2 nitrogen and oxygen atoms in total. The third kappa shape index (κ3) is 1.41. The van der Waals surface area contributed by atoms with Crippen LogP contribution in [0.3, 0.4) is 0 Å². The van der Waals surface area contributed by atoms with Crippen molar-refractivity contribution in [3.05, 3.63) is 23.8 Å². The standard InChI is InChI=1S/C11H16N2/c1-8(2)9-4-5-11-10(6-9)12-7-13(11)3/h4-8,10-11H,1-3H3. The van der Waals surface area contributed by atoms with Gasteiger partial charge in [-0.25, -0.2) is 0 Å². The fraction of sp³-hybridized carbons (Fsp3) is 0.545. The van der Waals surface area contributed by atoms with Gasteiger partial charge in [0.2, 0.25) is 0 Å². The van der Waals surface area contributed by atoms with Gasteiger partial charge in [0, 0.05) is 7.05 Å². The summed E-state index contributed by atoms with van der Waals surface area (Å²) in [5.74, 6) is 0.610. The van der Waals surface area contributed by atoms with E-state index >= 15 is 0 Å². The lowest BCUT2D eigenvalue weighted by Gasteiger charge is -2.24. The van der Waals surface area contributed by atoms with Crippen LogP contribution in [0.1, 0.15) is 13.8 Å². The van der Waals surface area contributed by atoms with Crippen molar-refractivity contribution in [2.45, 2.75) is 25.9 Å². The molecule has 70 valence electrons. The van der Waals surface area contributed by atoms with Crippen molar-refractivity contribution in [2.24, 2.45) is 10.9 Å². The summed E-state index contributed by atoms with van der Waals surface area (Å²) in [6.07, 6.45) is 8.71. The molecule has 13 heavy (non-hydrogen) atoms. The van der Waals surface area contributed by atoms with Gasteiger partial charge in [-0.2, -0.15) is 0 Å². The smallest absolute Gasteiger partial charge is 0.0942 e. The third-order valence-electron chi connectivity index (χ3n) is 2.76. The molecule has 0 bridgehead atoms. The lowest BCUT2D eigenvalue weighted by molar-refractivity contribution is 0.441. The summed E-state index contributed by atoms with van der Waals surface area (Å²) >= 11 is 0. The summed E-state index contributed by atoms with van der Waals surface area (Å²) in [7, 11) is 2.08. The Kier molecular flexibility index (Phi) is 1.98. The highest BCUT2D eigenvalue weighted by Gasteiger charge is 2.27. The van der Waals surface area contributed by atoms with Gasteiger partial charge in [0.15, 0.2) is 0 Å². The molecule has 0 aromatic heterocycles. The number of likely N-dealkylation sites (N-methyl/N-ethyl adjacent to an activating group) is 1. The van der Waals surface area contributed by atoms with Crippen molar-refractivity contribution in [1.29, 1.82) is 0 Å². The van der Waals surface area contributed by atoms with Gasteiger partial charge in [-0.15, -0.1) is 0 Å². The molecule has 1 heterocycles. The summed E-state index contributed by atoms with van der Waals surface area (Å²) in [6.45, 7) is 4.44. The first-order valence-corrected chi connectivity index (χ1v) is 4.83. The summed E-state index contributed by atoms with van der Waals surface area (Å²) < 4.78 is 0. The Bertz CT molecular complexity index is 286. The Morgan fingerprint density at radius 3 is 2.92 bits per heavy atom. The number of allylic oxidation sites excluding steroid dienone is 2. The molecule has 0 fully saturated rings. The van der Waals surface area contributed by atoms with Crippen LogP contribution in [0.2, 0.25) is 0 Å². The Balaban J connectivity index is 2.20. The van der Waals surface area contributed by atoms with E-state index in [4.69, 9.17) is 0 Å². The number of fused-ring (bicyclic) bond motifs is 1. The average molecular weight is 176 g/mol. The normalized spacial score (nSPS) is 31.1. The van der Waals surface area contributed by atoms with Crippen LogP contribution in [0.5, 0.6) is 0 Å². The van der Waals surface area contributed by atoms with E-state index in [0.717, 1.165) is 0 Å². The lowest BCUT2D eigenvalue weighted by atomic mass is 9.92. The monoisotopic (exact) mass is 176 g/mol. The summed E-state index contributed by atoms with van der Waals surface area (Å²) in [5.41, 5.74) is 1.41. The molecular formula is C11H16N2. The molecule has 2 heteroatoms. The maximum Gasteiger partial charge on any atom is 0.0942 e. The molecule has 0 aromatic rings. The SMILES string of the molecule is CC(C)C1=CC2N=CN(C)C2C=C1. The minimum atomic E-state index is 0.354. The van der Waals surface area contributed by atoms with Crippen LogP contribution >= 0.6 is 0 Å². The summed E-state index contributed by atoms with van der Waals surface area (Å²) in [4.78, 5) is 6.61. The molecule has 2 aliphatic rings. The van der Waals surface area contributed by atoms with E-state index in [-0.39, 0.29) is 0 Å². The minimum absolute atomic E-state index is 0.354. The highest BCUT2D eigenvalue weighted by Crippen LogP contribution is 2.24. The first kappa shape index (κ1) is 8.54. The number of aliphatic imine (C=N–C) groups is 1. The minimum Gasteiger partial charge on any atom is -0.357 e.